The summed E-state index contributed by atoms with van der Waals surface area (Å²) in [7, 11) is 1.57. The first-order valence-electron chi connectivity index (χ1n) is 6.67. The topological polar surface area (TPSA) is 68.8 Å². The molecule has 2 N–H and O–H groups in total. The van der Waals surface area contributed by atoms with Crippen LogP contribution in [0.4, 0.5) is 5.69 Å². The van der Waals surface area contributed by atoms with Gasteiger partial charge in [-0.1, -0.05) is 0 Å². The Bertz CT molecular complexity index is 464. The van der Waals surface area contributed by atoms with Gasteiger partial charge in [0.05, 0.1) is 26.9 Å². The molecule has 1 fully saturated rings. The highest BCUT2D eigenvalue weighted by molar-refractivity contribution is 5.95. The van der Waals surface area contributed by atoms with E-state index < -0.39 is 0 Å². The Morgan fingerprint density at radius 1 is 1.48 bits per heavy atom. The molecule has 1 aliphatic rings. The molecule has 6 nitrogen and oxygen atoms in total. The fourth-order valence-corrected chi connectivity index (χ4v) is 1.98. The van der Waals surface area contributed by atoms with Crippen LogP contribution in [0.5, 0.6) is 11.5 Å². The molecule has 1 heterocycles. The van der Waals surface area contributed by atoms with Crippen molar-refractivity contribution in [1.82, 2.24) is 5.32 Å². The largest absolute Gasteiger partial charge is 0.493 e. The van der Waals surface area contributed by atoms with Crippen molar-refractivity contribution in [2.75, 3.05) is 38.8 Å². The zero-order chi connectivity index (χ0) is 14.4. The van der Waals surface area contributed by atoms with Crippen LogP contribution >= 0.6 is 12.4 Å². The monoisotopic (exact) mass is 316 g/mol. The molecule has 1 aliphatic heterocycles. The zero-order valence-electron chi connectivity index (χ0n) is 12.2. The van der Waals surface area contributed by atoms with Crippen LogP contribution in [0.1, 0.15) is 6.92 Å². The van der Waals surface area contributed by atoms with Crippen molar-refractivity contribution in [3.05, 3.63) is 18.2 Å². The second-order valence-electron chi connectivity index (χ2n) is 4.37. The van der Waals surface area contributed by atoms with Crippen LogP contribution in [-0.2, 0) is 9.53 Å². The van der Waals surface area contributed by atoms with Gasteiger partial charge in [0.1, 0.15) is 6.04 Å². The summed E-state index contributed by atoms with van der Waals surface area (Å²) >= 11 is 0. The van der Waals surface area contributed by atoms with E-state index in [-0.39, 0.29) is 24.4 Å². The van der Waals surface area contributed by atoms with E-state index in [2.05, 4.69) is 10.6 Å². The van der Waals surface area contributed by atoms with Crippen LogP contribution in [-0.4, -0.2) is 45.4 Å². The number of carbonyl (C=O) groups is 1. The van der Waals surface area contributed by atoms with Crippen LogP contribution in [0.2, 0.25) is 0 Å². The van der Waals surface area contributed by atoms with Crippen molar-refractivity contribution in [1.29, 1.82) is 0 Å². The molecule has 7 heteroatoms. The van der Waals surface area contributed by atoms with E-state index in [0.29, 0.717) is 43.6 Å². The second-order valence-corrected chi connectivity index (χ2v) is 4.37. The molecule has 0 radical (unpaired) electrons. The summed E-state index contributed by atoms with van der Waals surface area (Å²) in [6, 6.07) is 4.99. The van der Waals surface area contributed by atoms with E-state index in [1.54, 1.807) is 25.3 Å². The highest BCUT2D eigenvalue weighted by atomic mass is 35.5. The average molecular weight is 317 g/mol. The second kappa shape index (κ2) is 8.71. The van der Waals surface area contributed by atoms with Crippen LogP contribution in [0.25, 0.3) is 0 Å². The Kier molecular flexibility index (Phi) is 7.28. The molecule has 2 rings (SSSR count). The highest BCUT2D eigenvalue weighted by Gasteiger charge is 2.21. The first-order chi connectivity index (χ1) is 9.74. The number of hydrogen-bond donors (Lipinski definition) is 2. The van der Waals surface area contributed by atoms with Crippen molar-refractivity contribution < 1.29 is 19.0 Å². The fraction of sp³-hybridized carbons (Fsp3) is 0.500. The number of nitrogens with one attached hydrogen (secondary N) is 2. The van der Waals surface area contributed by atoms with Crippen molar-refractivity contribution in [3.8, 4) is 11.5 Å². The highest BCUT2D eigenvalue weighted by Crippen LogP contribution is 2.30. The van der Waals surface area contributed by atoms with Crippen LogP contribution in [0.15, 0.2) is 18.2 Å². The third kappa shape index (κ3) is 4.77. The van der Waals surface area contributed by atoms with Gasteiger partial charge in [0, 0.05) is 18.3 Å². The number of halogens is 1. The van der Waals surface area contributed by atoms with Crippen molar-refractivity contribution in [2.24, 2.45) is 0 Å². The molecule has 118 valence electrons. The molecule has 0 bridgehead atoms. The van der Waals surface area contributed by atoms with Gasteiger partial charge < -0.3 is 24.8 Å². The lowest BCUT2D eigenvalue weighted by molar-refractivity contribution is -0.120. The number of methoxy groups -OCH3 is 1. The maximum Gasteiger partial charge on any atom is 0.243 e. The zero-order valence-corrected chi connectivity index (χ0v) is 13.0. The van der Waals surface area contributed by atoms with E-state index in [1.807, 2.05) is 6.92 Å². The summed E-state index contributed by atoms with van der Waals surface area (Å²) in [5.74, 6) is 1.14. The van der Waals surface area contributed by atoms with E-state index in [1.165, 1.54) is 0 Å². The van der Waals surface area contributed by atoms with Crippen LogP contribution in [0, 0.1) is 0 Å². The lowest BCUT2D eigenvalue weighted by Crippen LogP contribution is -2.48. The standard InChI is InChI=1S/C14H20N2O4.ClH/c1-3-20-12-5-4-10(8-13(12)18-2)16-14(17)11-9-19-7-6-15-11;/h4-5,8,11,15H,3,6-7,9H2,1-2H3,(H,16,17);1H. The summed E-state index contributed by atoms with van der Waals surface area (Å²) in [5.41, 5.74) is 0.669. The molecule has 1 atom stereocenters. The summed E-state index contributed by atoms with van der Waals surface area (Å²) in [5, 5.41) is 5.95. The van der Waals surface area contributed by atoms with Gasteiger partial charge in [-0.3, -0.25) is 4.79 Å². The Hall–Kier alpha value is -1.50. The van der Waals surface area contributed by atoms with E-state index in [9.17, 15) is 4.79 Å². The van der Waals surface area contributed by atoms with Gasteiger partial charge in [-0.25, -0.2) is 0 Å². The SMILES string of the molecule is CCOc1ccc(NC(=O)C2COCCN2)cc1OC.Cl. The lowest BCUT2D eigenvalue weighted by Gasteiger charge is -2.23. The molecule has 1 amide bonds. The Morgan fingerprint density at radius 2 is 2.29 bits per heavy atom. The number of benzene rings is 1. The summed E-state index contributed by atoms with van der Waals surface area (Å²) in [6.45, 7) is 4.18. The Labute approximate surface area is 130 Å². The number of morpholine rings is 1. The number of anilines is 1. The number of amides is 1. The molecular weight excluding hydrogens is 296 g/mol. The van der Waals surface area contributed by atoms with Gasteiger partial charge in [-0.15, -0.1) is 12.4 Å². The molecule has 21 heavy (non-hydrogen) atoms. The van der Waals surface area contributed by atoms with Gasteiger partial charge in [0.15, 0.2) is 11.5 Å². The Balaban J connectivity index is 0.00000220. The third-order valence-corrected chi connectivity index (χ3v) is 2.97. The van der Waals surface area contributed by atoms with E-state index in [0.717, 1.165) is 0 Å². The molecule has 1 aromatic rings. The normalized spacial score (nSPS) is 17.5. The first kappa shape index (κ1) is 17.6. The number of hydrogen-bond acceptors (Lipinski definition) is 5. The minimum absolute atomic E-state index is 0. The van der Waals surface area contributed by atoms with Gasteiger partial charge in [-0.2, -0.15) is 0 Å². The van der Waals surface area contributed by atoms with Crippen molar-refractivity contribution in [2.45, 2.75) is 13.0 Å². The fourth-order valence-electron chi connectivity index (χ4n) is 1.98. The average Bonchev–Trinajstić information content (AvgIpc) is 2.50. The van der Waals surface area contributed by atoms with Gasteiger partial charge in [0.25, 0.3) is 0 Å². The van der Waals surface area contributed by atoms with Crippen molar-refractivity contribution >= 4 is 24.0 Å². The molecule has 0 spiro atoms. The minimum atomic E-state index is -0.318. The van der Waals surface area contributed by atoms with E-state index in [4.69, 9.17) is 14.2 Å². The van der Waals surface area contributed by atoms with Crippen molar-refractivity contribution in [3.63, 3.8) is 0 Å². The first-order valence-corrected chi connectivity index (χ1v) is 6.67. The summed E-state index contributed by atoms with van der Waals surface area (Å²) < 4.78 is 16.0. The van der Waals surface area contributed by atoms with E-state index >= 15 is 0 Å². The lowest BCUT2D eigenvalue weighted by atomic mass is 10.2. The number of rotatable bonds is 5. The molecular formula is C14H21ClN2O4. The van der Waals surface area contributed by atoms with Gasteiger partial charge in [-0.05, 0) is 19.1 Å². The predicted octanol–water partition coefficient (Wildman–Crippen LogP) is 1.44. The molecule has 0 aliphatic carbocycles. The quantitative estimate of drug-likeness (QED) is 0.860. The number of carbonyl (C=O) groups excluding carboxylic acids is 1. The molecule has 1 aromatic carbocycles. The van der Waals surface area contributed by atoms with Crippen LogP contribution < -0.4 is 20.1 Å². The third-order valence-electron chi connectivity index (χ3n) is 2.97. The molecule has 0 saturated carbocycles. The van der Waals surface area contributed by atoms with Crippen LogP contribution in [0.3, 0.4) is 0 Å². The predicted molar refractivity (Wildman–Crippen MR) is 82.7 cm³/mol. The summed E-state index contributed by atoms with van der Waals surface area (Å²) in [6.07, 6.45) is 0. The molecule has 1 saturated heterocycles. The maximum atomic E-state index is 12.1. The molecule has 0 aromatic heterocycles. The summed E-state index contributed by atoms with van der Waals surface area (Å²) in [4.78, 5) is 12.1. The maximum absolute atomic E-state index is 12.1. The molecule has 1 unspecified atom stereocenters. The smallest absolute Gasteiger partial charge is 0.243 e. The van der Waals surface area contributed by atoms with Gasteiger partial charge >= 0.3 is 0 Å². The minimum Gasteiger partial charge on any atom is -0.493 e. The van der Waals surface area contributed by atoms with Gasteiger partial charge in [0.2, 0.25) is 5.91 Å². The Morgan fingerprint density at radius 3 is 2.90 bits per heavy atom. The number of ether oxygens (including phenoxy) is 3.